The van der Waals surface area contributed by atoms with Gasteiger partial charge in [0.25, 0.3) is 0 Å². The van der Waals surface area contributed by atoms with E-state index in [0.29, 0.717) is 6.61 Å². The van der Waals surface area contributed by atoms with Crippen LogP contribution in [0.3, 0.4) is 0 Å². The van der Waals surface area contributed by atoms with Crippen molar-refractivity contribution in [1.82, 2.24) is 0 Å². The van der Waals surface area contributed by atoms with Crippen LogP contribution in [-0.2, 0) is 9.47 Å². The van der Waals surface area contributed by atoms with Crippen LogP contribution in [0.25, 0.3) is 0 Å². The summed E-state index contributed by atoms with van der Waals surface area (Å²) in [7, 11) is 0. The van der Waals surface area contributed by atoms with Crippen LogP contribution < -0.4 is 0 Å². The van der Waals surface area contributed by atoms with Crippen molar-refractivity contribution in [3.05, 3.63) is 12.3 Å². The lowest BCUT2D eigenvalue weighted by Crippen LogP contribution is -2.02. The van der Waals surface area contributed by atoms with Gasteiger partial charge in [-0.1, -0.05) is 13.3 Å². The average Bonchev–Trinajstić information content (AvgIpc) is 2.05. The number of hydrogen-bond acceptors (Lipinski definition) is 3. The number of unbranched alkanes of at least 4 members (excludes halogenated alkanes) is 2. The summed E-state index contributed by atoms with van der Waals surface area (Å²) in [6, 6.07) is 0. The molecule has 0 N–H and O–H groups in total. The van der Waals surface area contributed by atoms with Crippen molar-refractivity contribution < 1.29 is 14.3 Å². The highest BCUT2D eigenvalue weighted by molar-refractivity contribution is 5.60. The molecule has 3 nitrogen and oxygen atoms in total. The van der Waals surface area contributed by atoms with Gasteiger partial charge < -0.3 is 9.47 Å². The molecular weight excluding hydrogens is 156 g/mol. The van der Waals surface area contributed by atoms with Crippen LogP contribution >= 0.6 is 0 Å². The molecule has 0 aliphatic heterocycles. The summed E-state index contributed by atoms with van der Waals surface area (Å²) in [4.78, 5) is 10.6. The van der Waals surface area contributed by atoms with Gasteiger partial charge in [0.05, 0.1) is 12.9 Å². The number of rotatable bonds is 5. The van der Waals surface area contributed by atoms with E-state index in [1.807, 2.05) is 6.08 Å². The Morgan fingerprint density at radius 2 is 2.17 bits per heavy atom. The molecular formula is C9H16O3. The first-order chi connectivity index (χ1) is 5.81. The quantitative estimate of drug-likeness (QED) is 0.363. The van der Waals surface area contributed by atoms with E-state index in [2.05, 4.69) is 16.4 Å². The summed E-state index contributed by atoms with van der Waals surface area (Å²) < 4.78 is 9.12. The summed E-state index contributed by atoms with van der Waals surface area (Å²) in [5.41, 5.74) is 0. The van der Waals surface area contributed by atoms with Gasteiger partial charge in [-0.2, -0.15) is 0 Å². The van der Waals surface area contributed by atoms with Crippen LogP contribution in [0.5, 0.6) is 0 Å². The molecule has 0 aliphatic carbocycles. The molecule has 0 radical (unpaired) electrons. The molecule has 0 saturated carbocycles. The van der Waals surface area contributed by atoms with E-state index < -0.39 is 6.16 Å². The first kappa shape index (κ1) is 11.0. The molecule has 0 aromatic heterocycles. The minimum absolute atomic E-state index is 0.349. The minimum atomic E-state index is -0.634. The molecule has 0 aliphatic rings. The molecule has 70 valence electrons. The molecule has 0 aromatic carbocycles. The van der Waals surface area contributed by atoms with Gasteiger partial charge in [-0.05, 0) is 25.8 Å². The number of carbonyl (C=O) groups is 1. The second-order valence-electron chi connectivity index (χ2n) is 2.31. The third-order valence-corrected chi connectivity index (χ3v) is 1.25. The Morgan fingerprint density at radius 3 is 2.75 bits per heavy atom. The molecule has 0 rings (SSSR count). The van der Waals surface area contributed by atoms with E-state index in [0.717, 1.165) is 19.3 Å². The fourth-order valence-corrected chi connectivity index (χ4v) is 0.646. The van der Waals surface area contributed by atoms with E-state index in [9.17, 15) is 4.79 Å². The third-order valence-electron chi connectivity index (χ3n) is 1.25. The highest BCUT2D eigenvalue weighted by Crippen LogP contribution is 1.95. The van der Waals surface area contributed by atoms with E-state index in [-0.39, 0.29) is 0 Å². The van der Waals surface area contributed by atoms with E-state index in [4.69, 9.17) is 0 Å². The van der Waals surface area contributed by atoms with Crippen LogP contribution in [-0.4, -0.2) is 12.8 Å². The summed E-state index contributed by atoms with van der Waals surface area (Å²) in [6.45, 7) is 4.20. The first-order valence-electron chi connectivity index (χ1n) is 4.29. The number of hydrogen-bond donors (Lipinski definition) is 0. The zero-order valence-electron chi connectivity index (χ0n) is 7.71. The molecule has 0 heterocycles. The highest BCUT2D eigenvalue weighted by atomic mass is 16.7. The van der Waals surface area contributed by atoms with Crippen LogP contribution in [0.2, 0.25) is 0 Å². The molecule has 0 bridgehead atoms. The van der Waals surface area contributed by atoms with Gasteiger partial charge in [0.15, 0.2) is 0 Å². The van der Waals surface area contributed by atoms with Gasteiger partial charge in [-0.3, -0.25) is 0 Å². The van der Waals surface area contributed by atoms with Crippen molar-refractivity contribution in [3.8, 4) is 0 Å². The summed E-state index contributed by atoms with van der Waals surface area (Å²) in [6.07, 6.45) is 5.77. The normalized spacial score (nSPS) is 10.2. The van der Waals surface area contributed by atoms with Crippen molar-refractivity contribution in [1.29, 1.82) is 0 Å². The topological polar surface area (TPSA) is 35.5 Å². The first-order valence-corrected chi connectivity index (χ1v) is 4.29. The number of carbonyl (C=O) groups excluding carboxylic acids is 1. The molecule has 0 unspecified atom stereocenters. The Kier molecular flexibility index (Phi) is 7.44. The van der Waals surface area contributed by atoms with Crippen molar-refractivity contribution in [2.24, 2.45) is 0 Å². The van der Waals surface area contributed by atoms with Gasteiger partial charge in [0.2, 0.25) is 0 Å². The molecule has 0 atom stereocenters. The van der Waals surface area contributed by atoms with Gasteiger partial charge in [0, 0.05) is 0 Å². The molecule has 0 saturated heterocycles. The zero-order chi connectivity index (χ0) is 9.23. The largest absolute Gasteiger partial charge is 0.513 e. The molecule has 0 aromatic rings. The van der Waals surface area contributed by atoms with E-state index in [1.165, 1.54) is 6.26 Å². The average molecular weight is 172 g/mol. The molecule has 3 heteroatoms. The van der Waals surface area contributed by atoms with Gasteiger partial charge in [0.1, 0.15) is 0 Å². The predicted molar refractivity (Wildman–Crippen MR) is 46.8 cm³/mol. The monoisotopic (exact) mass is 172 g/mol. The van der Waals surface area contributed by atoms with Crippen molar-refractivity contribution >= 4 is 6.16 Å². The lowest BCUT2D eigenvalue weighted by atomic mass is 10.2. The lowest BCUT2D eigenvalue weighted by Gasteiger charge is -1.97. The lowest BCUT2D eigenvalue weighted by molar-refractivity contribution is 0.0892. The van der Waals surface area contributed by atoms with Crippen molar-refractivity contribution in [2.75, 3.05) is 6.61 Å². The van der Waals surface area contributed by atoms with Crippen molar-refractivity contribution in [2.45, 2.75) is 33.1 Å². The molecule has 12 heavy (non-hydrogen) atoms. The van der Waals surface area contributed by atoms with E-state index in [1.54, 1.807) is 6.92 Å². The Morgan fingerprint density at radius 1 is 1.42 bits per heavy atom. The molecule has 0 spiro atoms. The fraction of sp³-hybridized carbons (Fsp3) is 0.667. The van der Waals surface area contributed by atoms with Crippen LogP contribution in [0.1, 0.15) is 33.1 Å². The number of ether oxygens (including phenoxy) is 2. The highest BCUT2D eigenvalue weighted by Gasteiger charge is 1.96. The summed E-state index contributed by atoms with van der Waals surface area (Å²) in [5, 5.41) is 0. The minimum Gasteiger partial charge on any atom is -0.434 e. The Bertz CT molecular complexity index is 141. The maximum atomic E-state index is 10.6. The maximum Gasteiger partial charge on any atom is 0.513 e. The second kappa shape index (κ2) is 8.11. The Labute approximate surface area is 73.4 Å². The standard InChI is InChI=1S/C9H16O3/c1-3-5-6-7-8-12-9(10)11-4-2/h7-8H,3-6H2,1-2H3. The zero-order valence-corrected chi connectivity index (χ0v) is 7.71. The van der Waals surface area contributed by atoms with Gasteiger partial charge in [-0.15, -0.1) is 0 Å². The van der Waals surface area contributed by atoms with Crippen LogP contribution in [0.4, 0.5) is 4.79 Å². The smallest absolute Gasteiger partial charge is 0.434 e. The second-order valence-corrected chi connectivity index (χ2v) is 2.31. The SMILES string of the molecule is CCCCC=COC(=O)OCC. The van der Waals surface area contributed by atoms with Gasteiger partial charge >= 0.3 is 6.16 Å². The summed E-state index contributed by atoms with van der Waals surface area (Å²) >= 11 is 0. The Balaban J connectivity index is 3.27. The van der Waals surface area contributed by atoms with Crippen LogP contribution in [0.15, 0.2) is 12.3 Å². The predicted octanol–water partition coefficient (Wildman–Crippen LogP) is 2.86. The van der Waals surface area contributed by atoms with Crippen molar-refractivity contribution in [3.63, 3.8) is 0 Å². The Hall–Kier alpha value is -0.990. The maximum absolute atomic E-state index is 10.6. The van der Waals surface area contributed by atoms with Crippen LogP contribution in [0, 0.1) is 0 Å². The fourth-order valence-electron chi connectivity index (χ4n) is 0.646. The van der Waals surface area contributed by atoms with E-state index >= 15 is 0 Å². The molecule has 0 amide bonds. The third kappa shape index (κ3) is 7.12. The number of allylic oxidation sites excluding steroid dienone is 1. The summed E-state index contributed by atoms with van der Waals surface area (Å²) in [5.74, 6) is 0. The molecule has 0 fully saturated rings. The van der Waals surface area contributed by atoms with Gasteiger partial charge in [-0.25, -0.2) is 4.79 Å².